The Morgan fingerprint density at radius 2 is 1.81 bits per heavy atom. The average molecular weight is 324 g/mol. The Hall–Kier alpha value is -0.870. The minimum Gasteiger partial charge on any atom is -0.242 e. The normalized spacial score (nSPS) is 16.7. The van der Waals surface area contributed by atoms with E-state index in [9.17, 15) is 4.39 Å². The van der Waals surface area contributed by atoms with Gasteiger partial charge in [0, 0.05) is 5.92 Å². The first-order chi connectivity index (χ1) is 9.65. The van der Waals surface area contributed by atoms with Crippen molar-refractivity contribution in [2.24, 2.45) is 0 Å². The summed E-state index contributed by atoms with van der Waals surface area (Å²) in [6.07, 6.45) is 3.97. The van der Waals surface area contributed by atoms with E-state index < -0.39 is 6.17 Å². The summed E-state index contributed by atoms with van der Waals surface area (Å²) in [6.45, 7) is 3.67. The van der Waals surface area contributed by atoms with Crippen molar-refractivity contribution in [3.63, 3.8) is 0 Å². The molecule has 0 N–H and O–H groups in total. The van der Waals surface area contributed by atoms with Crippen LogP contribution in [0, 0.1) is 6.92 Å². The molecule has 21 heavy (non-hydrogen) atoms. The van der Waals surface area contributed by atoms with Gasteiger partial charge in [-0.1, -0.05) is 42.7 Å². The molecule has 1 nitrogen and oxygen atoms in total. The van der Waals surface area contributed by atoms with Crippen molar-refractivity contribution in [1.82, 2.24) is 4.98 Å². The molecule has 0 radical (unpaired) electrons. The van der Waals surface area contributed by atoms with Crippen LogP contribution in [0.1, 0.15) is 61.0 Å². The second-order valence-electron chi connectivity index (χ2n) is 5.73. The Kier molecular flexibility index (Phi) is 5.44. The molecule has 114 valence electrons. The van der Waals surface area contributed by atoms with E-state index in [1.54, 1.807) is 6.92 Å². The van der Waals surface area contributed by atoms with Gasteiger partial charge in [-0.3, -0.25) is 0 Å². The topological polar surface area (TPSA) is 12.9 Å². The quantitative estimate of drug-likeness (QED) is 0.683. The molecular weight excluding hydrogens is 301 g/mol. The number of alkyl halides is 1. The van der Waals surface area contributed by atoms with E-state index in [2.05, 4.69) is 36.2 Å². The zero-order valence-electron chi connectivity index (χ0n) is 12.5. The van der Waals surface area contributed by atoms with Gasteiger partial charge >= 0.3 is 0 Å². The van der Waals surface area contributed by atoms with Gasteiger partial charge in [0.25, 0.3) is 0 Å². The fourth-order valence-corrected chi connectivity index (χ4v) is 3.99. The lowest BCUT2D eigenvalue weighted by molar-refractivity contribution is 0.372. The minimum absolute atomic E-state index is 0. The van der Waals surface area contributed by atoms with E-state index in [0.717, 1.165) is 5.69 Å². The number of hydrogen-bond acceptors (Lipinski definition) is 2. The molecule has 0 amide bonds. The number of hydrogen-bond donors (Lipinski definition) is 0. The maximum Gasteiger partial charge on any atom is 0.149 e. The molecule has 1 heterocycles. The summed E-state index contributed by atoms with van der Waals surface area (Å²) in [4.78, 5) is 5.81. The zero-order chi connectivity index (χ0) is 14.1. The van der Waals surface area contributed by atoms with Gasteiger partial charge in [0.2, 0.25) is 0 Å². The Morgan fingerprint density at radius 1 is 1.19 bits per heavy atom. The number of thiazole rings is 1. The molecule has 1 aromatic heterocycles. The van der Waals surface area contributed by atoms with Crippen LogP contribution in [0.3, 0.4) is 0 Å². The van der Waals surface area contributed by atoms with Crippen molar-refractivity contribution < 1.29 is 4.39 Å². The monoisotopic (exact) mass is 323 g/mol. The Morgan fingerprint density at radius 3 is 2.38 bits per heavy atom. The summed E-state index contributed by atoms with van der Waals surface area (Å²) in [7, 11) is 0. The van der Waals surface area contributed by atoms with Crippen LogP contribution in [-0.4, -0.2) is 4.98 Å². The average Bonchev–Trinajstić information content (AvgIpc) is 3.08. The van der Waals surface area contributed by atoms with Crippen molar-refractivity contribution in [3.05, 3.63) is 40.5 Å². The highest BCUT2D eigenvalue weighted by Crippen LogP contribution is 2.43. The first-order valence-corrected chi connectivity index (χ1v) is 8.18. The largest absolute Gasteiger partial charge is 0.242 e. The Labute approximate surface area is 137 Å². The van der Waals surface area contributed by atoms with Crippen LogP contribution in [0.2, 0.25) is 0 Å². The lowest BCUT2D eigenvalue weighted by Crippen LogP contribution is -1.96. The molecule has 0 spiro atoms. The number of benzene rings is 1. The van der Waals surface area contributed by atoms with Crippen LogP contribution in [0.4, 0.5) is 4.39 Å². The van der Waals surface area contributed by atoms with E-state index in [-0.39, 0.29) is 13.5 Å². The highest BCUT2D eigenvalue weighted by Gasteiger charge is 2.25. The highest BCUT2D eigenvalue weighted by molar-refractivity contribution is 7.59. The van der Waals surface area contributed by atoms with Crippen LogP contribution in [-0.2, 0) is 0 Å². The summed E-state index contributed by atoms with van der Waals surface area (Å²) < 4.78 is 13.6. The summed E-state index contributed by atoms with van der Waals surface area (Å²) in [6, 6.07) is 8.50. The molecule has 1 saturated carbocycles. The SMILES string of the molecule is Cc1ccc(-c2sc(C(C)F)nc2C2CCCC2)cc1.S. The molecule has 1 aliphatic carbocycles. The third-order valence-corrected chi connectivity index (χ3v) is 5.34. The third-order valence-electron chi connectivity index (χ3n) is 4.07. The molecule has 1 atom stereocenters. The van der Waals surface area contributed by atoms with Gasteiger partial charge in [0.05, 0.1) is 10.6 Å². The number of nitrogens with zero attached hydrogens (tertiary/aromatic N) is 1. The van der Waals surface area contributed by atoms with Gasteiger partial charge in [0.1, 0.15) is 11.2 Å². The van der Waals surface area contributed by atoms with E-state index in [0.29, 0.717) is 10.9 Å². The molecule has 4 heteroatoms. The van der Waals surface area contributed by atoms with Crippen molar-refractivity contribution in [2.45, 2.75) is 51.6 Å². The predicted octanol–water partition coefficient (Wildman–Crippen LogP) is 5.92. The Bertz CT molecular complexity index is 583. The van der Waals surface area contributed by atoms with Crippen LogP contribution < -0.4 is 0 Å². The molecular formula is C17H22FNS2. The summed E-state index contributed by atoms with van der Waals surface area (Å²) in [5.41, 5.74) is 3.57. The van der Waals surface area contributed by atoms with Crippen molar-refractivity contribution in [3.8, 4) is 10.4 Å². The third kappa shape index (κ3) is 3.49. The first kappa shape index (κ1) is 16.5. The summed E-state index contributed by atoms with van der Waals surface area (Å²) in [5.74, 6) is 0.523. The summed E-state index contributed by atoms with van der Waals surface area (Å²) in [5, 5.41) is 0.627. The van der Waals surface area contributed by atoms with E-state index >= 15 is 0 Å². The van der Waals surface area contributed by atoms with Crippen molar-refractivity contribution in [1.29, 1.82) is 0 Å². The Balaban J connectivity index is 0.00000161. The van der Waals surface area contributed by atoms with Gasteiger partial charge < -0.3 is 0 Å². The van der Waals surface area contributed by atoms with E-state index in [4.69, 9.17) is 0 Å². The molecule has 0 saturated heterocycles. The molecule has 1 aliphatic rings. The number of aryl methyl sites for hydroxylation is 1. The van der Waals surface area contributed by atoms with Crippen molar-refractivity contribution >= 4 is 24.8 Å². The molecule has 1 aromatic carbocycles. The van der Waals surface area contributed by atoms with Gasteiger partial charge in [-0.2, -0.15) is 13.5 Å². The van der Waals surface area contributed by atoms with Crippen LogP contribution in [0.15, 0.2) is 24.3 Å². The second kappa shape index (κ2) is 6.93. The van der Waals surface area contributed by atoms with Gasteiger partial charge in [-0.05, 0) is 32.3 Å². The van der Waals surface area contributed by atoms with E-state index in [1.165, 1.54) is 53.0 Å². The van der Waals surface area contributed by atoms with Gasteiger partial charge in [0.15, 0.2) is 0 Å². The van der Waals surface area contributed by atoms with Gasteiger partial charge in [-0.15, -0.1) is 11.3 Å². The van der Waals surface area contributed by atoms with Crippen LogP contribution >= 0.6 is 24.8 Å². The first-order valence-electron chi connectivity index (χ1n) is 7.37. The van der Waals surface area contributed by atoms with E-state index in [1.807, 2.05) is 0 Å². The highest BCUT2D eigenvalue weighted by atomic mass is 32.1. The lowest BCUT2D eigenvalue weighted by atomic mass is 10.00. The molecule has 0 aliphatic heterocycles. The maximum atomic E-state index is 13.6. The van der Waals surface area contributed by atoms with Crippen LogP contribution in [0.25, 0.3) is 10.4 Å². The fourth-order valence-electron chi connectivity index (χ4n) is 2.91. The molecule has 0 bridgehead atoms. The van der Waals surface area contributed by atoms with Crippen molar-refractivity contribution in [2.75, 3.05) is 0 Å². The summed E-state index contributed by atoms with van der Waals surface area (Å²) >= 11 is 1.53. The fraction of sp³-hybridized carbons (Fsp3) is 0.471. The maximum absolute atomic E-state index is 13.6. The van der Waals surface area contributed by atoms with Crippen LogP contribution in [0.5, 0.6) is 0 Å². The standard InChI is InChI=1S/C17H20FNS.H2S/c1-11-7-9-14(10-8-11)16-15(13-5-3-4-6-13)19-17(20-16)12(2)18;/h7-10,12-13H,3-6H2,1-2H3;1H2. The van der Waals surface area contributed by atoms with Gasteiger partial charge in [-0.25, -0.2) is 9.37 Å². The number of rotatable bonds is 3. The minimum atomic E-state index is -0.973. The second-order valence-corrected chi connectivity index (χ2v) is 6.76. The smallest absolute Gasteiger partial charge is 0.149 e. The number of halogens is 1. The lowest BCUT2D eigenvalue weighted by Gasteiger charge is -2.09. The molecule has 1 fully saturated rings. The molecule has 1 unspecified atom stereocenters. The predicted molar refractivity (Wildman–Crippen MR) is 93.4 cm³/mol. The molecule has 2 aromatic rings. The zero-order valence-corrected chi connectivity index (χ0v) is 14.3. The molecule has 3 rings (SSSR count). The number of aromatic nitrogens is 1.